The highest BCUT2D eigenvalue weighted by Gasteiger charge is 2.32. The number of aryl methyl sites for hydroxylation is 1. The molecule has 0 saturated carbocycles. The van der Waals surface area contributed by atoms with Crippen molar-refractivity contribution in [3.63, 3.8) is 0 Å². The maximum absolute atomic E-state index is 13.8. The predicted octanol–water partition coefficient (Wildman–Crippen LogP) is 4.41. The number of hydrogen-bond acceptors (Lipinski definition) is 1. The van der Waals surface area contributed by atoms with Crippen LogP contribution in [0.1, 0.15) is 40.6 Å². The van der Waals surface area contributed by atoms with E-state index in [1.54, 1.807) is 12.1 Å². The van der Waals surface area contributed by atoms with E-state index in [9.17, 15) is 4.39 Å². The number of aromatic amines is 1. The Morgan fingerprint density at radius 2 is 2.00 bits per heavy atom. The molecule has 0 fully saturated rings. The Kier molecular flexibility index (Phi) is 3.05. The van der Waals surface area contributed by atoms with Crippen molar-refractivity contribution in [2.45, 2.75) is 25.3 Å². The van der Waals surface area contributed by atoms with Crippen LogP contribution in [-0.2, 0) is 0 Å². The van der Waals surface area contributed by atoms with E-state index in [0.717, 1.165) is 12.0 Å². The first-order chi connectivity index (χ1) is 10.7. The van der Waals surface area contributed by atoms with Crippen LogP contribution < -0.4 is 5.32 Å². The van der Waals surface area contributed by atoms with E-state index in [4.69, 9.17) is 0 Å². The Balaban J connectivity index is 1.90. The molecule has 22 heavy (non-hydrogen) atoms. The largest absolute Gasteiger partial charge is 0.361 e. The molecular formula is C19H19FN2. The fourth-order valence-electron chi connectivity index (χ4n) is 3.84. The average molecular weight is 294 g/mol. The van der Waals surface area contributed by atoms with E-state index < -0.39 is 0 Å². The van der Waals surface area contributed by atoms with Gasteiger partial charge in [0.05, 0.1) is 0 Å². The number of aromatic nitrogens is 1. The van der Waals surface area contributed by atoms with Gasteiger partial charge in [-0.3, -0.25) is 0 Å². The number of nitrogens with one attached hydrogen (secondary N) is 2. The van der Waals surface area contributed by atoms with Crippen LogP contribution in [0.2, 0.25) is 0 Å². The van der Waals surface area contributed by atoms with Crippen LogP contribution in [0.4, 0.5) is 4.39 Å². The first kappa shape index (κ1) is 13.5. The van der Waals surface area contributed by atoms with Gasteiger partial charge in [-0.05, 0) is 54.8 Å². The quantitative estimate of drug-likeness (QED) is 0.720. The number of benzene rings is 2. The molecule has 4 rings (SSSR count). The molecule has 0 radical (unpaired) electrons. The number of halogens is 1. The third-order valence-corrected chi connectivity index (χ3v) is 4.95. The summed E-state index contributed by atoms with van der Waals surface area (Å²) in [5.41, 5.74) is 6.02. The fraction of sp³-hybridized carbons (Fsp3) is 0.263. The minimum Gasteiger partial charge on any atom is -0.361 e. The summed E-state index contributed by atoms with van der Waals surface area (Å²) < 4.78 is 13.8. The molecule has 0 spiro atoms. The van der Waals surface area contributed by atoms with E-state index in [2.05, 4.69) is 41.6 Å². The van der Waals surface area contributed by atoms with Crippen molar-refractivity contribution in [3.05, 3.63) is 70.7 Å². The first-order valence-corrected chi connectivity index (χ1v) is 7.72. The lowest BCUT2D eigenvalue weighted by Crippen LogP contribution is -2.13. The molecule has 1 aliphatic rings. The summed E-state index contributed by atoms with van der Waals surface area (Å²) in [6.45, 7) is 2.11. The molecule has 0 saturated heterocycles. The van der Waals surface area contributed by atoms with E-state index in [1.165, 1.54) is 27.6 Å². The van der Waals surface area contributed by atoms with Crippen LogP contribution in [0.3, 0.4) is 0 Å². The monoisotopic (exact) mass is 294 g/mol. The van der Waals surface area contributed by atoms with Gasteiger partial charge in [0, 0.05) is 29.1 Å². The summed E-state index contributed by atoms with van der Waals surface area (Å²) in [5.74, 6) is 0.0789. The third kappa shape index (κ3) is 1.89. The Labute approximate surface area is 129 Å². The van der Waals surface area contributed by atoms with Crippen LogP contribution in [-0.4, -0.2) is 12.0 Å². The van der Waals surface area contributed by atoms with Gasteiger partial charge in [0.25, 0.3) is 0 Å². The summed E-state index contributed by atoms with van der Waals surface area (Å²) in [7, 11) is 1.97. The van der Waals surface area contributed by atoms with Crippen molar-refractivity contribution in [3.8, 4) is 0 Å². The highest BCUT2D eigenvalue weighted by Crippen LogP contribution is 2.46. The van der Waals surface area contributed by atoms with Gasteiger partial charge < -0.3 is 10.3 Å². The average Bonchev–Trinajstić information content (AvgIpc) is 3.08. The zero-order valence-corrected chi connectivity index (χ0v) is 12.8. The molecule has 2 atom stereocenters. The first-order valence-electron chi connectivity index (χ1n) is 7.72. The van der Waals surface area contributed by atoms with E-state index >= 15 is 0 Å². The minimum atomic E-state index is -0.156. The smallest absolute Gasteiger partial charge is 0.123 e. The van der Waals surface area contributed by atoms with Gasteiger partial charge in [-0.25, -0.2) is 4.39 Å². The molecular weight excluding hydrogens is 275 g/mol. The standard InChI is InChI=1S/C19H19FN2/c1-11-4-3-5-14-17(10-22-19(11)14)16-9-18(21-2)13-7-6-12(20)8-15(13)16/h3-8,10,16,18,21-22H,9H2,1-2H3. The van der Waals surface area contributed by atoms with Gasteiger partial charge in [0.1, 0.15) is 5.82 Å². The summed E-state index contributed by atoms with van der Waals surface area (Å²) in [4.78, 5) is 3.40. The SMILES string of the molecule is CNC1CC(c2c[nH]c3c(C)cccc23)c2cc(F)ccc21. The maximum atomic E-state index is 13.8. The second-order valence-electron chi connectivity index (χ2n) is 6.14. The van der Waals surface area contributed by atoms with Crippen LogP contribution in [0, 0.1) is 12.7 Å². The lowest BCUT2D eigenvalue weighted by Gasteiger charge is -2.11. The van der Waals surface area contributed by atoms with Crippen LogP contribution in [0.15, 0.2) is 42.6 Å². The van der Waals surface area contributed by atoms with Crippen molar-refractivity contribution in [1.29, 1.82) is 0 Å². The van der Waals surface area contributed by atoms with Crippen molar-refractivity contribution < 1.29 is 4.39 Å². The Morgan fingerprint density at radius 3 is 2.82 bits per heavy atom. The van der Waals surface area contributed by atoms with Gasteiger partial charge in [-0.2, -0.15) is 0 Å². The third-order valence-electron chi connectivity index (χ3n) is 4.95. The van der Waals surface area contributed by atoms with Crippen molar-refractivity contribution in [2.75, 3.05) is 7.05 Å². The maximum Gasteiger partial charge on any atom is 0.123 e. The lowest BCUT2D eigenvalue weighted by atomic mass is 9.92. The van der Waals surface area contributed by atoms with E-state index in [-0.39, 0.29) is 17.8 Å². The van der Waals surface area contributed by atoms with Gasteiger partial charge in [-0.1, -0.05) is 24.3 Å². The number of para-hydroxylation sites is 1. The van der Waals surface area contributed by atoms with Crippen LogP contribution in [0.5, 0.6) is 0 Å². The second kappa shape index (κ2) is 4.96. The van der Waals surface area contributed by atoms with Crippen LogP contribution >= 0.6 is 0 Å². The van der Waals surface area contributed by atoms with Crippen molar-refractivity contribution >= 4 is 10.9 Å². The molecule has 1 aromatic heterocycles. The number of rotatable bonds is 2. The zero-order valence-electron chi connectivity index (χ0n) is 12.8. The van der Waals surface area contributed by atoms with Gasteiger partial charge in [0.2, 0.25) is 0 Å². The zero-order chi connectivity index (χ0) is 15.3. The molecule has 0 bridgehead atoms. The second-order valence-corrected chi connectivity index (χ2v) is 6.14. The minimum absolute atomic E-state index is 0.156. The van der Waals surface area contributed by atoms with Crippen molar-refractivity contribution in [1.82, 2.24) is 10.3 Å². The predicted molar refractivity (Wildman–Crippen MR) is 87.7 cm³/mol. The summed E-state index contributed by atoms with van der Waals surface area (Å²) in [5, 5.41) is 4.61. The molecule has 0 amide bonds. The van der Waals surface area contributed by atoms with Gasteiger partial charge in [-0.15, -0.1) is 0 Å². The normalized spacial score (nSPS) is 20.5. The molecule has 0 aliphatic heterocycles. The lowest BCUT2D eigenvalue weighted by molar-refractivity contribution is 0.566. The molecule has 3 heteroatoms. The molecule has 2 aromatic carbocycles. The molecule has 2 nitrogen and oxygen atoms in total. The summed E-state index contributed by atoms with van der Waals surface area (Å²) in [6.07, 6.45) is 3.06. The molecule has 2 N–H and O–H groups in total. The highest BCUT2D eigenvalue weighted by atomic mass is 19.1. The number of hydrogen-bond donors (Lipinski definition) is 2. The van der Waals surface area contributed by atoms with Crippen molar-refractivity contribution in [2.24, 2.45) is 0 Å². The highest BCUT2D eigenvalue weighted by molar-refractivity contribution is 5.87. The Hall–Kier alpha value is -2.13. The van der Waals surface area contributed by atoms with E-state index in [0.29, 0.717) is 0 Å². The van der Waals surface area contributed by atoms with Gasteiger partial charge in [0.15, 0.2) is 0 Å². The van der Waals surface area contributed by atoms with E-state index in [1.807, 2.05) is 13.1 Å². The molecule has 3 aromatic rings. The number of H-pyrrole nitrogens is 1. The number of fused-ring (bicyclic) bond motifs is 2. The summed E-state index contributed by atoms with van der Waals surface area (Å²) >= 11 is 0. The molecule has 2 unspecified atom stereocenters. The molecule has 112 valence electrons. The molecule has 1 heterocycles. The molecule has 1 aliphatic carbocycles. The fourth-order valence-corrected chi connectivity index (χ4v) is 3.84. The Bertz CT molecular complexity index is 850. The Morgan fingerprint density at radius 1 is 1.14 bits per heavy atom. The summed E-state index contributed by atoms with van der Waals surface area (Å²) in [6, 6.07) is 11.8. The van der Waals surface area contributed by atoms with Gasteiger partial charge >= 0.3 is 0 Å². The topological polar surface area (TPSA) is 27.8 Å². The van der Waals surface area contributed by atoms with Crippen LogP contribution in [0.25, 0.3) is 10.9 Å².